The van der Waals surface area contributed by atoms with E-state index in [4.69, 9.17) is 4.74 Å². The van der Waals surface area contributed by atoms with Crippen LogP contribution >= 0.6 is 0 Å². The summed E-state index contributed by atoms with van der Waals surface area (Å²) in [6.45, 7) is 10.6. The van der Waals surface area contributed by atoms with E-state index in [9.17, 15) is 0 Å². The second-order valence-corrected chi connectivity index (χ2v) is 8.05. The van der Waals surface area contributed by atoms with Crippen LogP contribution in [0.25, 0.3) is 0 Å². The summed E-state index contributed by atoms with van der Waals surface area (Å²) in [5.41, 5.74) is 1.69. The Morgan fingerprint density at radius 1 is 1.23 bits per heavy atom. The Morgan fingerprint density at radius 3 is 2.54 bits per heavy atom. The van der Waals surface area contributed by atoms with Crippen molar-refractivity contribution in [3.63, 3.8) is 0 Å². The molecule has 0 aromatic heterocycles. The van der Waals surface area contributed by atoms with E-state index in [0.29, 0.717) is 6.10 Å². The lowest BCUT2D eigenvalue weighted by Gasteiger charge is -2.35. The van der Waals surface area contributed by atoms with E-state index in [1.54, 1.807) is 0 Å². The molecule has 0 unspecified atom stereocenters. The first kappa shape index (κ1) is 20.8. The smallest absolute Gasteiger partial charge is 0.193 e. The molecule has 26 heavy (non-hydrogen) atoms. The van der Waals surface area contributed by atoms with E-state index >= 15 is 0 Å². The monoisotopic (exact) mass is 359 g/mol. The van der Waals surface area contributed by atoms with Gasteiger partial charge in [0.2, 0.25) is 0 Å². The molecule has 0 spiro atoms. The van der Waals surface area contributed by atoms with Gasteiger partial charge in [-0.1, -0.05) is 44.2 Å². The zero-order chi connectivity index (χ0) is 18.8. The Bertz CT molecular complexity index is 534. The van der Waals surface area contributed by atoms with Gasteiger partial charge in [-0.2, -0.15) is 0 Å². The number of hydrogen-bond donors (Lipinski definition) is 1. The van der Waals surface area contributed by atoms with Crippen LogP contribution in [0, 0.1) is 5.41 Å². The van der Waals surface area contributed by atoms with E-state index < -0.39 is 0 Å². The number of aryl methyl sites for hydroxylation is 1. The summed E-state index contributed by atoms with van der Waals surface area (Å²) >= 11 is 0. The zero-order valence-electron chi connectivity index (χ0n) is 17.1. The number of likely N-dealkylation sites (tertiary alicyclic amines) is 1. The van der Waals surface area contributed by atoms with Crippen LogP contribution < -0.4 is 5.32 Å². The van der Waals surface area contributed by atoms with Gasteiger partial charge in [-0.3, -0.25) is 4.99 Å². The molecule has 1 N–H and O–H groups in total. The molecule has 0 aliphatic carbocycles. The van der Waals surface area contributed by atoms with Gasteiger partial charge in [0.1, 0.15) is 0 Å². The molecule has 0 bridgehead atoms. The van der Waals surface area contributed by atoms with Crippen LogP contribution in [-0.4, -0.2) is 50.3 Å². The maximum Gasteiger partial charge on any atom is 0.193 e. The average Bonchev–Trinajstić information content (AvgIpc) is 2.64. The van der Waals surface area contributed by atoms with Crippen LogP contribution in [0.1, 0.15) is 52.0 Å². The predicted molar refractivity (Wildman–Crippen MR) is 111 cm³/mol. The molecule has 1 saturated heterocycles. The fourth-order valence-electron chi connectivity index (χ4n) is 3.62. The minimum absolute atomic E-state index is 0.258. The van der Waals surface area contributed by atoms with Crippen LogP contribution in [0.15, 0.2) is 35.3 Å². The Kier molecular flexibility index (Phi) is 8.43. The molecule has 1 heterocycles. The quantitative estimate of drug-likeness (QED) is 0.560. The molecule has 4 nitrogen and oxygen atoms in total. The van der Waals surface area contributed by atoms with Gasteiger partial charge < -0.3 is 15.0 Å². The van der Waals surface area contributed by atoms with Gasteiger partial charge in [0, 0.05) is 33.3 Å². The molecule has 146 valence electrons. The molecular weight excluding hydrogens is 322 g/mol. The molecule has 0 atom stereocenters. The maximum absolute atomic E-state index is 5.75. The number of benzene rings is 1. The van der Waals surface area contributed by atoms with Gasteiger partial charge in [-0.05, 0) is 50.0 Å². The second kappa shape index (κ2) is 10.6. The maximum atomic E-state index is 5.75. The lowest BCUT2D eigenvalue weighted by Crippen LogP contribution is -2.48. The topological polar surface area (TPSA) is 36.9 Å². The molecule has 2 rings (SSSR count). The third kappa shape index (κ3) is 6.99. The SMILES string of the molecule is CCOC1CCN(C(=NC)NCC(C)(C)CCCc2ccccc2)CC1. The largest absolute Gasteiger partial charge is 0.378 e. The minimum atomic E-state index is 0.258. The van der Waals surface area contributed by atoms with Crippen molar-refractivity contribution < 1.29 is 4.74 Å². The predicted octanol–water partition coefficient (Wildman–Crippen LogP) is 4.11. The van der Waals surface area contributed by atoms with E-state index in [-0.39, 0.29) is 5.41 Å². The number of rotatable bonds is 8. The highest BCUT2D eigenvalue weighted by Gasteiger charge is 2.23. The van der Waals surface area contributed by atoms with E-state index in [1.807, 2.05) is 7.05 Å². The van der Waals surface area contributed by atoms with Crippen molar-refractivity contribution >= 4 is 5.96 Å². The van der Waals surface area contributed by atoms with Gasteiger partial charge in [0.15, 0.2) is 5.96 Å². The van der Waals surface area contributed by atoms with Crippen molar-refractivity contribution in [1.29, 1.82) is 0 Å². The standard InChI is InChI=1S/C22H37N3O/c1-5-26-20-13-16-25(17-14-20)21(23-4)24-18-22(2,3)15-9-12-19-10-7-6-8-11-19/h6-8,10-11,20H,5,9,12-18H2,1-4H3,(H,23,24). The zero-order valence-corrected chi connectivity index (χ0v) is 17.1. The second-order valence-electron chi connectivity index (χ2n) is 8.05. The van der Waals surface area contributed by atoms with Gasteiger partial charge in [0.25, 0.3) is 0 Å². The molecule has 1 aromatic carbocycles. The summed E-state index contributed by atoms with van der Waals surface area (Å²) in [5.74, 6) is 1.04. The highest BCUT2D eigenvalue weighted by Crippen LogP contribution is 2.23. The number of hydrogen-bond acceptors (Lipinski definition) is 2. The van der Waals surface area contributed by atoms with Gasteiger partial charge in [0.05, 0.1) is 6.10 Å². The third-order valence-corrected chi connectivity index (χ3v) is 5.24. The summed E-state index contributed by atoms with van der Waals surface area (Å²) < 4.78 is 5.75. The molecule has 1 aromatic rings. The highest BCUT2D eigenvalue weighted by atomic mass is 16.5. The molecular formula is C22H37N3O. The molecule has 1 aliphatic rings. The van der Waals surface area contributed by atoms with Gasteiger partial charge in [-0.25, -0.2) is 0 Å². The number of aliphatic imine (C=N–C) groups is 1. The van der Waals surface area contributed by atoms with Crippen LogP contribution in [0.4, 0.5) is 0 Å². The minimum Gasteiger partial charge on any atom is -0.378 e. The van der Waals surface area contributed by atoms with Crippen molar-refractivity contribution in [3.05, 3.63) is 35.9 Å². The van der Waals surface area contributed by atoms with E-state index in [1.165, 1.54) is 18.4 Å². The molecule has 4 heteroatoms. The Hall–Kier alpha value is -1.55. The normalized spacial score (nSPS) is 16.8. The fraction of sp³-hybridized carbons (Fsp3) is 0.682. The molecule has 1 aliphatic heterocycles. The van der Waals surface area contributed by atoms with Crippen LogP contribution in [0.2, 0.25) is 0 Å². The molecule has 0 radical (unpaired) electrons. The van der Waals surface area contributed by atoms with Crippen molar-refractivity contribution in [3.8, 4) is 0 Å². The number of nitrogens with one attached hydrogen (secondary N) is 1. The van der Waals surface area contributed by atoms with E-state index in [2.05, 4.69) is 66.3 Å². The summed E-state index contributed by atoms with van der Waals surface area (Å²) in [6.07, 6.45) is 6.19. The Balaban J connectivity index is 1.72. The van der Waals surface area contributed by atoms with Gasteiger partial charge in [-0.15, -0.1) is 0 Å². The summed E-state index contributed by atoms with van der Waals surface area (Å²) in [7, 11) is 1.89. The summed E-state index contributed by atoms with van der Waals surface area (Å²) in [5, 5.41) is 3.61. The van der Waals surface area contributed by atoms with Crippen LogP contribution in [0.5, 0.6) is 0 Å². The van der Waals surface area contributed by atoms with E-state index in [0.717, 1.165) is 51.5 Å². The van der Waals surface area contributed by atoms with Gasteiger partial charge >= 0.3 is 0 Å². The Morgan fingerprint density at radius 2 is 1.92 bits per heavy atom. The first-order chi connectivity index (χ1) is 12.5. The lowest BCUT2D eigenvalue weighted by atomic mass is 9.86. The fourth-order valence-corrected chi connectivity index (χ4v) is 3.62. The first-order valence-electron chi connectivity index (χ1n) is 10.1. The van der Waals surface area contributed by atoms with Crippen LogP contribution in [0.3, 0.4) is 0 Å². The number of guanidine groups is 1. The van der Waals surface area contributed by atoms with Crippen molar-refractivity contribution in [2.45, 2.75) is 59.0 Å². The number of nitrogens with zero attached hydrogens (tertiary/aromatic N) is 2. The molecule has 1 fully saturated rings. The van der Waals surface area contributed by atoms with Crippen molar-refractivity contribution in [2.24, 2.45) is 10.4 Å². The average molecular weight is 360 g/mol. The van der Waals surface area contributed by atoms with Crippen LogP contribution in [-0.2, 0) is 11.2 Å². The van der Waals surface area contributed by atoms with Crippen molar-refractivity contribution in [1.82, 2.24) is 10.2 Å². The van der Waals surface area contributed by atoms with Crippen molar-refractivity contribution in [2.75, 3.05) is 33.3 Å². The first-order valence-corrected chi connectivity index (χ1v) is 10.1. The highest BCUT2D eigenvalue weighted by molar-refractivity contribution is 5.80. The number of piperidine rings is 1. The molecule has 0 amide bonds. The summed E-state index contributed by atoms with van der Waals surface area (Å²) in [4.78, 5) is 6.87. The lowest BCUT2D eigenvalue weighted by molar-refractivity contribution is 0.0263. The third-order valence-electron chi connectivity index (χ3n) is 5.24. The summed E-state index contributed by atoms with van der Waals surface area (Å²) in [6, 6.07) is 10.8. The Labute approximate surface area is 160 Å². The number of ether oxygens (including phenoxy) is 1. The molecule has 0 saturated carbocycles.